The van der Waals surface area contributed by atoms with Crippen molar-refractivity contribution in [1.29, 1.82) is 0 Å². The van der Waals surface area contributed by atoms with E-state index in [1.54, 1.807) is 0 Å². The van der Waals surface area contributed by atoms with Crippen LogP contribution in [0.4, 0.5) is 0 Å². The van der Waals surface area contributed by atoms with Gasteiger partial charge in [-0.1, -0.05) is 0 Å². The fourth-order valence-corrected chi connectivity index (χ4v) is 2.99. The fraction of sp³-hybridized carbons (Fsp3) is 0.929. The Labute approximate surface area is 111 Å². The number of hydrogen-bond acceptors (Lipinski definition) is 4. The number of esters is 1. The summed E-state index contributed by atoms with van der Waals surface area (Å²) in [5, 5.41) is 2.07. The van der Waals surface area contributed by atoms with Crippen LogP contribution in [-0.4, -0.2) is 34.3 Å². The van der Waals surface area contributed by atoms with Crippen molar-refractivity contribution in [2.24, 2.45) is 0 Å². The van der Waals surface area contributed by atoms with E-state index >= 15 is 0 Å². The van der Waals surface area contributed by atoms with Crippen molar-refractivity contribution >= 4 is 5.97 Å². The summed E-state index contributed by atoms with van der Waals surface area (Å²) in [5.41, 5.74) is -0.293. The molecule has 1 aliphatic rings. The second-order valence-electron chi connectivity index (χ2n) is 6.71. The molecule has 0 aliphatic carbocycles. The maximum Gasteiger partial charge on any atom is 0.302 e. The minimum absolute atomic E-state index is 0.0282. The summed E-state index contributed by atoms with van der Waals surface area (Å²) in [5.74, 6) is -0.204. The molecule has 18 heavy (non-hydrogen) atoms. The Bertz CT molecular complexity index is 292. The third-order valence-electron chi connectivity index (χ3n) is 3.20. The summed E-state index contributed by atoms with van der Waals surface area (Å²) in [6.45, 7) is 14.1. The van der Waals surface area contributed by atoms with Crippen LogP contribution in [0, 0.1) is 0 Å². The Hall–Kier alpha value is -0.610. The van der Waals surface area contributed by atoms with Crippen LogP contribution in [0.5, 0.6) is 0 Å². The number of rotatable bonds is 3. The van der Waals surface area contributed by atoms with Crippen LogP contribution in [0.25, 0.3) is 0 Å². The molecule has 1 fully saturated rings. The smallest absolute Gasteiger partial charge is 0.302 e. The molecule has 1 rings (SSSR count). The molecular formula is C14H27NO3. The topological polar surface area (TPSA) is 38.8 Å². The van der Waals surface area contributed by atoms with Crippen LogP contribution in [0.3, 0.4) is 0 Å². The van der Waals surface area contributed by atoms with Gasteiger partial charge in [0.05, 0.1) is 6.10 Å². The van der Waals surface area contributed by atoms with E-state index in [1.807, 2.05) is 13.8 Å². The van der Waals surface area contributed by atoms with E-state index in [9.17, 15) is 4.79 Å². The van der Waals surface area contributed by atoms with E-state index in [2.05, 4.69) is 32.8 Å². The number of hydroxylamine groups is 2. The first-order valence-corrected chi connectivity index (χ1v) is 6.69. The van der Waals surface area contributed by atoms with Crippen molar-refractivity contribution in [3.8, 4) is 0 Å². The Morgan fingerprint density at radius 1 is 1.17 bits per heavy atom. The van der Waals surface area contributed by atoms with E-state index in [4.69, 9.17) is 9.57 Å². The number of nitrogens with zero attached hydrogens (tertiary/aromatic N) is 1. The first kappa shape index (κ1) is 15.4. The molecule has 0 atom stereocenters. The van der Waals surface area contributed by atoms with Crippen LogP contribution in [0.15, 0.2) is 0 Å². The van der Waals surface area contributed by atoms with Gasteiger partial charge in [-0.05, 0) is 41.5 Å². The third-order valence-corrected chi connectivity index (χ3v) is 3.20. The summed E-state index contributed by atoms with van der Waals surface area (Å²) in [7, 11) is 0. The van der Waals surface area contributed by atoms with Gasteiger partial charge in [0.1, 0.15) is 6.10 Å². The lowest BCUT2D eigenvalue weighted by Gasteiger charge is -2.53. The number of carbonyl (C=O) groups excluding carboxylic acids is 1. The van der Waals surface area contributed by atoms with Gasteiger partial charge < -0.3 is 4.74 Å². The van der Waals surface area contributed by atoms with Gasteiger partial charge in [0.2, 0.25) is 0 Å². The van der Waals surface area contributed by atoms with Crippen molar-refractivity contribution in [1.82, 2.24) is 5.06 Å². The Kier molecular flexibility index (Phi) is 4.44. The Morgan fingerprint density at radius 3 is 1.94 bits per heavy atom. The molecule has 106 valence electrons. The zero-order valence-electron chi connectivity index (χ0n) is 12.7. The average molecular weight is 257 g/mol. The quantitative estimate of drug-likeness (QED) is 0.729. The average Bonchev–Trinajstić information content (AvgIpc) is 2.08. The van der Waals surface area contributed by atoms with E-state index in [0.717, 1.165) is 12.8 Å². The molecule has 1 saturated heterocycles. The number of piperidine rings is 1. The van der Waals surface area contributed by atoms with Crippen molar-refractivity contribution in [3.63, 3.8) is 0 Å². The standard InChI is InChI=1S/C14H27NO3/c1-10(2)18-15-13(4,5)8-12(17-11(3)16)9-14(15,6)7/h10,12H,8-9H2,1-7H3. The molecule has 0 aromatic rings. The van der Waals surface area contributed by atoms with E-state index < -0.39 is 0 Å². The molecule has 0 spiro atoms. The zero-order chi connectivity index (χ0) is 14.1. The largest absolute Gasteiger partial charge is 0.462 e. The van der Waals surface area contributed by atoms with E-state index in [-0.39, 0.29) is 29.3 Å². The lowest BCUT2D eigenvalue weighted by molar-refractivity contribution is -0.309. The molecule has 4 heteroatoms. The fourth-order valence-electron chi connectivity index (χ4n) is 2.99. The second-order valence-corrected chi connectivity index (χ2v) is 6.71. The van der Waals surface area contributed by atoms with Gasteiger partial charge in [0, 0.05) is 30.8 Å². The second kappa shape index (κ2) is 5.17. The van der Waals surface area contributed by atoms with Gasteiger partial charge in [0.25, 0.3) is 0 Å². The third kappa shape index (κ3) is 3.69. The zero-order valence-corrected chi connectivity index (χ0v) is 12.7. The predicted molar refractivity (Wildman–Crippen MR) is 71.0 cm³/mol. The van der Waals surface area contributed by atoms with Crippen molar-refractivity contribution in [2.45, 2.75) is 84.6 Å². The minimum Gasteiger partial charge on any atom is -0.462 e. The van der Waals surface area contributed by atoms with Gasteiger partial charge in [-0.15, -0.1) is 0 Å². The molecule has 0 amide bonds. The maximum atomic E-state index is 11.1. The molecule has 4 nitrogen and oxygen atoms in total. The summed E-state index contributed by atoms with van der Waals surface area (Å²) in [4.78, 5) is 17.1. The highest BCUT2D eigenvalue weighted by atomic mass is 16.7. The van der Waals surface area contributed by atoms with Gasteiger partial charge in [-0.25, -0.2) is 0 Å². The monoisotopic (exact) mass is 257 g/mol. The molecule has 0 aromatic heterocycles. The first-order chi connectivity index (χ1) is 8.04. The molecule has 0 unspecified atom stereocenters. The highest BCUT2D eigenvalue weighted by Gasteiger charge is 2.47. The maximum absolute atomic E-state index is 11.1. The van der Waals surface area contributed by atoms with Crippen molar-refractivity contribution < 1.29 is 14.4 Å². The normalized spacial score (nSPS) is 24.2. The Morgan fingerprint density at radius 2 is 1.61 bits per heavy atom. The summed E-state index contributed by atoms with van der Waals surface area (Å²) < 4.78 is 5.39. The Balaban J connectivity index is 2.87. The highest BCUT2D eigenvalue weighted by Crippen LogP contribution is 2.40. The van der Waals surface area contributed by atoms with Gasteiger partial charge in [-0.3, -0.25) is 9.63 Å². The first-order valence-electron chi connectivity index (χ1n) is 6.69. The predicted octanol–water partition coefficient (Wildman–Crippen LogP) is 2.91. The summed E-state index contributed by atoms with van der Waals surface area (Å²) >= 11 is 0. The lowest BCUT2D eigenvalue weighted by Crippen LogP contribution is -2.62. The van der Waals surface area contributed by atoms with Gasteiger partial charge in [0.15, 0.2) is 0 Å². The molecule has 1 heterocycles. The molecule has 0 N–H and O–H groups in total. The molecule has 0 bridgehead atoms. The number of carbonyl (C=O) groups is 1. The van der Waals surface area contributed by atoms with E-state index in [0.29, 0.717) is 0 Å². The number of ether oxygens (including phenoxy) is 1. The highest BCUT2D eigenvalue weighted by molar-refractivity contribution is 5.66. The minimum atomic E-state index is -0.204. The van der Waals surface area contributed by atoms with Gasteiger partial charge >= 0.3 is 5.97 Å². The lowest BCUT2D eigenvalue weighted by atomic mass is 9.80. The SMILES string of the molecule is CC(=O)OC1CC(C)(C)N(OC(C)C)C(C)(C)C1. The van der Waals surface area contributed by atoms with Crippen LogP contribution < -0.4 is 0 Å². The van der Waals surface area contributed by atoms with Crippen LogP contribution in [-0.2, 0) is 14.4 Å². The molecule has 0 radical (unpaired) electrons. The van der Waals surface area contributed by atoms with Crippen molar-refractivity contribution in [3.05, 3.63) is 0 Å². The molecule has 0 saturated carbocycles. The van der Waals surface area contributed by atoms with Crippen LogP contribution in [0.1, 0.15) is 61.3 Å². The van der Waals surface area contributed by atoms with E-state index in [1.165, 1.54) is 6.92 Å². The molecular weight excluding hydrogens is 230 g/mol. The van der Waals surface area contributed by atoms with Gasteiger partial charge in [-0.2, -0.15) is 5.06 Å². The number of hydrogen-bond donors (Lipinski definition) is 0. The van der Waals surface area contributed by atoms with Crippen LogP contribution in [0.2, 0.25) is 0 Å². The molecule has 1 aliphatic heterocycles. The van der Waals surface area contributed by atoms with Crippen molar-refractivity contribution in [2.75, 3.05) is 0 Å². The van der Waals surface area contributed by atoms with Crippen LogP contribution >= 0.6 is 0 Å². The summed E-state index contributed by atoms with van der Waals surface area (Å²) in [6.07, 6.45) is 1.71. The molecule has 0 aromatic carbocycles. The summed E-state index contributed by atoms with van der Waals surface area (Å²) in [6, 6.07) is 0.